The number of hydrogen-bond acceptors (Lipinski definition) is 9. The van der Waals surface area contributed by atoms with E-state index in [9.17, 15) is 22.7 Å². The molecule has 3 aromatic carbocycles. The highest BCUT2D eigenvalue weighted by molar-refractivity contribution is 7.90. The molecule has 1 fully saturated rings. The van der Waals surface area contributed by atoms with Gasteiger partial charge in [0, 0.05) is 47.4 Å². The van der Waals surface area contributed by atoms with Crippen LogP contribution in [0.5, 0.6) is 11.5 Å². The van der Waals surface area contributed by atoms with Crippen LogP contribution in [0.25, 0.3) is 0 Å². The lowest BCUT2D eigenvalue weighted by Crippen LogP contribution is -2.30. The molecule has 10 nitrogen and oxygen atoms in total. The molecule has 42 heavy (non-hydrogen) atoms. The van der Waals surface area contributed by atoms with Crippen molar-refractivity contribution in [2.45, 2.75) is 23.6 Å². The normalized spacial score (nSPS) is 15.5. The largest absolute Gasteiger partial charge is 0.493 e. The molecular weight excluding hydrogens is 565 g/mol. The van der Waals surface area contributed by atoms with Crippen LogP contribution in [0, 0.1) is 5.82 Å². The van der Waals surface area contributed by atoms with Gasteiger partial charge in [-0.1, -0.05) is 6.07 Å². The Morgan fingerprint density at radius 2 is 1.81 bits per heavy atom. The number of amides is 1. The number of carbonyl (C=O) groups excluding carboxylic acids is 1. The standard InChI is InChI=1S/C30H28FN3O7S/c1-39-27-13-10-24(17-28(27)41-25-14-16-40-19-25)34(30(36)21-3-2-15-32-18-21)23-8-4-20(5-9-23)29(35)33-42(37,38)26-11-6-22(31)7-12-26/h2-13,15,17-18,25,30,36H,14,16,19H2,1H3,(H,33,35)/t25-,30?/m1/s1. The summed E-state index contributed by atoms with van der Waals surface area (Å²) in [6.45, 7) is 1.06. The lowest BCUT2D eigenvalue weighted by molar-refractivity contribution is 0.0981. The molecular formula is C30H28FN3O7S. The Kier molecular flexibility index (Phi) is 8.67. The lowest BCUT2D eigenvalue weighted by Gasteiger charge is -2.31. The van der Waals surface area contributed by atoms with E-state index in [-0.39, 0.29) is 16.6 Å². The Balaban J connectivity index is 1.45. The Morgan fingerprint density at radius 3 is 2.45 bits per heavy atom. The number of methoxy groups -OCH3 is 1. The fraction of sp³-hybridized carbons (Fsp3) is 0.200. The van der Waals surface area contributed by atoms with E-state index in [4.69, 9.17) is 14.2 Å². The smallest absolute Gasteiger partial charge is 0.264 e. The first kappa shape index (κ1) is 29.0. The molecule has 2 N–H and O–H groups in total. The molecule has 1 saturated heterocycles. The lowest BCUT2D eigenvalue weighted by atomic mass is 10.1. The molecule has 2 heterocycles. The second-order valence-corrected chi connectivity index (χ2v) is 11.1. The second-order valence-electron chi connectivity index (χ2n) is 9.40. The number of benzene rings is 3. The minimum absolute atomic E-state index is 0.0558. The Morgan fingerprint density at radius 1 is 1.07 bits per heavy atom. The average Bonchev–Trinajstić information content (AvgIpc) is 3.51. The molecule has 0 radical (unpaired) electrons. The van der Waals surface area contributed by atoms with Crippen molar-refractivity contribution in [3.8, 4) is 11.5 Å². The van der Waals surface area contributed by atoms with Crippen LogP contribution in [0.3, 0.4) is 0 Å². The number of rotatable bonds is 10. The van der Waals surface area contributed by atoms with Crippen LogP contribution in [0.4, 0.5) is 15.8 Å². The Hall–Kier alpha value is -4.52. The summed E-state index contributed by atoms with van der Waals surface area (Å²) in [5.74, 6) is -0.493. The number of hydrogen-bond donors (Lipinski definition) is 2. The quantitative estimate of drug-likeness (QED) is 0.258. The fourth-order valence-corrected chi connectivity index (χ4v) is 5.40. The molecule has 1 unspecified atom stereocenters. The topological polar surface area (TPSA) is 127 Å². The van der Waals surface area contributed by atoms with Gasteiger partial charge in [-0.25, -0.2) is 17.5 Å². The number of aromatic nitrogens is 1. The van der Waals surface area contributed by atoms with Crippen LogP contribution in [0.2, 0.25) is 0 Å². The van der Waals surface area contributed by atoms with E-state index in [1.807, 2.05) is 4.72 Å². The van der Waals surface area contributed by atoms with Gasteiger partial charge in [0.25, 0.3) is 15.9 Å². The maximum atomic E-state index is 13.2. The van der Waals surface area contributed by atoms with Crippen LogP contribution in [-0.2, 0) is 14.8 Å². The van der Waals surface area contributed by atoms with Gasteiger partial charge in [-0.05, 0) is 66.7 Å². The molecule has 5 rings (SSSR count). The number of nitrogens with one attached hydrogen (secondary N) is 1. The van der Waals surface area contributed by atoms with Crippen molar-refractivity contribution in [3.63, 3.8) is 0 Å². The summed E-state index contributed by atoms with van der Waals surface area (Å²) in [6.07, 6.45) is 2.53. The molecule has 0 saturated carbocycles. The highest BCUT2D eigenvalue weighted by Gasteiger charge is 2.25. The van der Waals surface area contributed by atoms with E-state index in [1.54, 1.807) is 53.6 Å². The van der Waals surface area contributed by atoms with Gasteiger partial charge < -0.3 is 24.2 Å². The molecule has 0 aliphatic carbocycles. The predicted octanol–water partition coefficient (Wildman–Crippen LogP) is 4.34. The summed E-state index contributed by atoms with van der Waals surface area (Å²) in [5.41, 5.74) is 1.61. The van der Waals surface area contributed by atoms with Gasteiger partial charge >= 0.3 is 0 Å². The van der Waals surface area contributed by atoms with Crippen LogP contribution >= 0.6 is 0 Å². The van der Waals surface area contributed by atoms with E-state index in [0.29, 0.717) is 41.7 Å². The summed E-state index contributed by atoms with van der Waals surface area (Å²) < 4.78 is 57.5. The number of halogens is 1. The zero-order valence-electron chi connectivity index (χ0n) is 22.5. The van der Waals surface area contributed by atoms with Gasteiger partial charge in [-0.15, -0.1) is 0 Å². The third-order valence-corrected chi connectivity index (χ3v) is 7.94. The van der Waals surface area contributed by atoms with E-state index in [1.165, 1.54) is 25.4 Å². The monoisotopic (exact) mass is 593 g/mol. The third-order valence-electron chi connectivity index (χ3n) is 6.59. The molecule has 1 aliphatic heterocycles. The molecule has 4 aromatic rings. The van der Waals surface area contributed by atoms with E-state index < -0.39 is 28.0 Å². The van der Waals surface area contributed by atoms with Gasteiger partial charge in [0.1, 0.15) is 11.9 Å². The first-order valence-corrected chi connectivity index (χ1v) is 14.5. The molecule has 2 atom stereocenters. The van der Waals surface area contributed by atoms with Crippen LogP contribution in [-0.4, -0.2) is 50.8 Å². The van der Waals surface area contributed by atoms with Gasteiger partial charge in [0.15, 0.2) is 17.7 Å². The Bertz CT molecular complexity index is 1630. The molecule has 0 spiro atoms. The summed E-state index contributed by atoms with van der Waals surface area (Å²) in [4.78, 5) is 18.3. The maximum absolute atomic E-state index is 13.2. The number of anilines is 2. The molecule has 0 bridgehead atoms. The van der Waals surface area contributed by atoms with Gasteiger partial charge in [0.05, 0.1) is 25.2 Å². The van der Waals surface area contributed by atoms with Gasteiger partial charge in [0.2, 0.25) is 0 Å². The van der Waals surface area contributed by atoms with Crippen molar-refractivity contribution in [1.82, 2.24) is 9.71 Å². The highest BCUT2D eigenvalue weighted by Crippen LogP contribution is 2.39. The van der Waals surface area contributed by atoms with Crippen LogP contribution in [0.1, 0.15) is 28.6 Å². The van der Waals surface area contributed by atoms with E-state index in [0.717, 1.165) is 30.7 Å². The molecule has 218 valence electrons. The minimum atomic E-state index is -4.22. The van der Waals surface area contributed by atoms with Crippen molar-refractivity contribution in [3.05, 3.63) is 108 Å². The summed E-state index contributed by atoms with van der Waals surface area (Å²) >= 11 is 0. The first-order valence-electron chi connectivity index (χ1n) is 13.0. The number of carbonyl (C=O) groups is 1. The van der Waals surface area contributed by atoms with Crippen molar-refractivity contribution >= 4 is 27.3 Å². The van der Waals surface area contributed by atoms with Gasteiger partial charge in [-0.3, -0.25) is 9.78 Å². The van der Waals surface area contributed by atoms with E-state index in [2.05, 4.69) is 4.98 Å². The number of aliphatic hydroxyl groups is 1. The minimum Gasteiger partial charge on any atom is -0.493 e. The highest BCUT2D eigenvalue weighted by atomic mass is 32.2. The van der Waals surface area contributed by atoms with Crippen LogP contribution in [0.15, 0.2) is 96.2 Å². The fourth-order valence-electron chi connectivity index (χ4n) is 4.43. The number of sulfonamides is 1. The van der Waals surface area contributed by atoms with Crippen LogP contribution < -0.4 is 19.1 Å². The molecule has 12 heteroatoms. The summed E-state index contributed by atoms with van der Waals surface area (Å²) in [6, 6.07) is 18.8. The predicted molar refractivity (Wildman–Crippen MR) is 152 cm³/mol. The van der Waals surface area contributed by atoms with Gasteiger partial charge in [-0.2, -0.15) is 0 Å². The molecule has 1 aliphatic rings. The maximum Gasteiger partial charge on any atom is 0.264 e. The van der Waals surface area contributed by atoms with Crippen molar-refractivity contribution in [2.24, 2.45) is 0 Å². The summed E-state index contributed by atoms with van der Waals surface area (Å²) in [5, 5.41) is 11.5. The number of ether oxygens (including phenoxy) is 3. The number of aliphatic hydroxyl groups excluding tert-OH is 1. The van der Waals surface area contributed by atoms with E-state index >= 15 is 0 Å². The van der Waals surface area contributed by atoms with Crippen molar-refractivity contribution in [1.29, 1.82) is 0 Å². The second kappa shape index (κ2) is 12.6. The zero-order valence-corrected chi connectivity index (χ0v) is 23.3. The zero-order chi connectivity index (χ0) is 29.7. The molecule has 1 amide bonds. The van der Waals surface area contributed by atoms with Crippen molar-refractivity contribution < 1.29 is 36.9 Å². The first-order chi connectivity index (χ1) is 20.2. The number of nitrogens with zero attached hydrogens (tertiary/aromatic N) is 2. The SMILES string of the molecule is COc1ccc(N(c2ccc(C(=O)NS(=O)(=O)c3ccc(F)cc3)cc2)C(O)c2cccnc2)cc1O[C@@H]1CCOC1. The van der Waals surface area contributed by atoms with Crippen molar-refractivity contribution in [2.75, 3.05) is 25.2 Å². The summed E-state index contributed by atoms with van der Waals surface area (Å²) in [7, 11) is -2.69. The third kappa shape index (κ3) is 6.51. The average molecular weight is 594 g/mol. The molecule has 1 aromatic heterocycles. The Labute approximate surface area is 242 Å². The number of pyridine rings is 1.